The molecule has 0 saturated heterocycles. The van der Waals surface area contributed by atoms with E-state index in [4.69, 9.17) is 11.8 Å². The molecule has 2 rings (SSSR count). The van der Waals surface area contributed by atoms with Crippen molar-refractivity contribution in [3.8, 4) is 6.07 Å². The molecule has 0 unspecified atom stereocenters. The van der Waals surface area contributed by atoms with Gasteiger partial charge < -0.3 is 0 Å². The number of hydrogen-bond acceptors (Lipinski definition) is 4. The number of hydrogen-bond donors (Lipinski definition) is 0. The largest absolute Gasteiger partial charge is 0.262 e. The summed E-state index contributed by atoms with van der Waals surface area (Å²) in [6.45, 7) is 11.1. The molecule has 0 aliphatic rings. The van der Waals surface area contributed by atoms with Crippen molar-refractivity contribution in [3.05, 3.63) is 40.4 Å². The first kappa shape index (κ1) is 12.2. The number of aromatic nitrogens is 2. The van der Waals surface area contributed by atoms with E-state index in [2.05, 4.69) is 27.4 Å². The lowest BCUT2D eigenvalue weighted by atomic mass is 9.99. The van der Waals surface area contributed by atoms with Gasteiger partial charge in [-0.15, -0.1) is 0 Å². The Morgan fingerprint density at radius 3 is 2.78 bits per heavy atom. The maximum Gasteiger partial charge on any atom is 0.262 e. The van der Waals surface area contributed by atoms with Gasteiger partial charge in [-0.05, 0) is 23.1 Å². The van der Waals surface area contributed by atoms with Crippen molar-refractivity contribution in [1.29, 1.82) is 5.26 Å². The smallest absolute Gasteiger partial charge is 0.227 e. The van der Waals surface area contributed by atoms with E-state index < -0.39 is 0 Å². The van der Waals surface area contributed by atoms with E-state index in [1.807, 2.05) is 18.2 Å². The fraction of sp³-hybridized carbons (Fsp3) is 0.231. The van der Waals surface area contributed by atoms with E-state index in [9.17, 15) is 0 Å². The molecule has 2 aromatic rings. The van der Waals surface area contributed by atoms with Crippen molar-refractivity contribution in [3.63, 3.8) is 0 Å². The van der Waals surface area contributed by atoms with Gasteiger partial charge in [0.15, 0.2) is 0 Å². The van der Waals surface area contributed by atoms with Gasteiger partial charge in [0.1, 0.15) is 11.0 Å². The van der Waals surface area contributed by atoms with Gasteiger partial charge in [-0.1, -0.05) is 26.0 Å². The summed E-state index contributed by atoms with van der Waals surface area (Å²) in [5.74, 6) is 0.366. The van der Waals surface area contributed by atoms with Crippen LogP contribution in [0.2, 0.25) is 0 Å². The second-order valence-electron chi connectivity index (χ2n) is 4.11. The van der Waals surface area contributed by atoms with Gasteiger partial charge in [-0.25, -0.2) is 10.1 Å². The van der Waals surface area contributed by atoms with Crippen LogP contribution < -0.4 is 0 Å². The Morgan fingerprint density at radius 1 is 1.44 bits per heavy atom. The van der Waals surface area contributed by atoms with Crippen LogP contribution in [-0.4, -0.2) is 8.75 Å². The van der Waals surface area contributed by atoms with Gasteiger partial charge >= 0.3 is 0 Å². The standard InChI is InChI=1S/C13H10N4S/c1-8(2)11-5-4-9(6-10(7-14)15-3)12-13(11)17-18-16-12/h4-6,8H,1-2H3/b10-6+. The number of rotatable bonds is 2. The number of nitriles is 1. The van der Waals surface area contributed by atoms with Crippen molar-refractivity contribution in [2.24, 2.45) is 0 Å². The highest BCUT2D eigenvalue weighted by Crippen LogP contribution is 2.27. The second kappa shape index (κ2) is 4.95. The highest BCUT2D eigenvalue weighted by Gasteiger charge is 2.11. The molecule has 1 aromatic heterocycles. The molecule has 5 heteroatoms. The van der Waals surface area contributed by atoms with E-state index in [0.29, 0.717) is 5.92 Å². The van der Waals surface area contributed by atoms with Crippen LogP contribution in [0.3, 0.4) is 0 Å². The quantitative estimate of drug-likeness (QED) is 0.607. The molecule has 4 nitrogen and oxygen atoms in total. The summed E-state index contributed by atoms with van der Waals surface area (Å²) in [6, 6.07) is 5.73. The molecular weight excluding hydrogens is 244 g/mol. The number of allylic oxidation sites excluding steroid dienone is 1. The third kappa shape index (κ3) is 2.09. The van der Waals surface area contributed by atoms with Gasteiger partial charge in [-0.2, -0.15) is 8.75 Å². The zero-order valence-electron chi connectivity index (χ0n) is 10.0. The van der Waals surface area contributed by atoms with Crippen LogP contribution in [0.25, 0.3) is 22.0 Å². The van der Waals surface area contributed by atoms with Gasteiger partial charge in [0, 0.05) is 0 Å². The summed E-state index contributed by atoms with van der Waals surface area (Å²) in [4.78, 5) is 3.16. The van der Waals surface area contributed by atoms with E-state index >= 15 is 0 Å². The van der Waals surface area contributed by atoms with E-state index in [0.717, 1.165) is 33.9 Å². The Hall–Kier alpha value is -2.24. The second-order valence-corrected chi connectivity index (χ2v) is 4.64. The lowest BCUT2D eigenvalue weighted by Crippen LogP contribution is -1.91. The Kier molecular flexibility index (Phi) is 3.36. The maximum atomic E-state index is 8.79. The minimum atomic E-state index is 0.0570. The topological polar surface area (TPSA) is 53.9 Å². The van der Waals surface area contributed by atoms with Crippen LogP contribution in [0.4, 0.5) is 0 Å². The zero-order valence-corrected chi connectivity index (χ0v) is 10.8. The SMILES string of the molecule is [C-]#[N+]/C(C#N)=C/c1ccc(C(C)C)c2nsnc12. The van der Waals surface area contributed by atoms with Gasteiger partial charge in [0.05, 0.1) is 24.4 Å². The first-order chi connectivity index (χ1) is 8.67. The van der Waals surface area contributed by atoms with Crippen LogP contribution in [0.5, 0.6) is 0 Å². The molecule has 1 aromatic carbocycles. The third-order valence-corrected chi connectivity index (χ3v) is 3.16. The Labute approximate surface area is 109 Å². The van der Waals surface area contributed by atoms with E-state index in [1.165, 1.54) is 0 Å². The molecule has 0 N–H and O–H groups in total. The van der Waals surface area contributed by atoms with Crippen molar-refractivity contribution in [2.45, 2.75) is 19.8 Å². The summed E-state index contributed by atoms with van der Waals surface area (Å²) in [6.07, 6.45) is 1.56. The molecule has 0 aliphatic heterocycles. The molecule has 88 valence electrons. The summed E-state index contributed by atoms with van der Waals surface area (Å²) >= 11 is 1.15. The predicted octanol–water partition coefficient (Wildman–Crippen LogP) is 3.60. The molecule has 0 fully saturated rings. The molecule has 0 spiro atoms. The fourth-order valence-corrected chi connectivity index (χ4v) is 2.31. The zero-order chi connectivity index (χ0) is 13.1. The number of nitrogens with zero attached hydrogens (tertiary/aromatic N) is 4. The number of benzene rings is 1. The minimum Gasteiger partial charge on any atom is -0.227 e. The first-order valence-electron chi connectivity index (χ1n) is 5.41. The van der Waals surface area contributed by atoms with Crippen LogP contribution in [0.1, 0.15) is 30.9 Å². The van der Waals surface area contributed by atoms with Gasteiger partial charge in [0.2, 0.25) is 0 Å². The molecular formula is C13H10N4S. The summed E-state index contributed by atoms with van der Waals surface area (Å²) in [7, 11) is 0. The Balaban J connectivity index is 2.67. The van der Waals surface area contributed by atoms with Crippen molar-refractivity contribution < 1.29 is 0 Å². The maximum absolute atomic E-state index is 8.79. The summed E-state index contributed by atoms with van der Waals surface area (Å²) in [5.41, 5.74) is 3.60. The number of fused-ring (bicyclic) bond motifs is 1. The average Bonchev–Trinajstić information content (AvgIpc) is 2.84. The highest BCUT2D eigenvalue weighted by molar-refractivity contribution is 7.00. The molecule has 0 saturated carbocycles. The first-order valence-corrected chi connectivity index (χ1v) is 6.14. The normalized spacial score (nSPS) is 11.5. The van der Waals surface area contributed by atoms with Crippen LogP contribution in [0, 0.1) is 17.9 Å². The third-order valence-electron chi connectivity index (χ3n) is 2.63. The molecule has 0 atom stereocenters. The monoisotopic (exact) mass is 254 g/mol. The fourth-order valence-electron chi connectivity index (χ4n) is 1.72. The van der Waals surface area contributed by atoms with E-state index in [-0.39, 0.29) is 5.70 Å². The summed E-state index contributed by atoms with van der Waals surface area (Å²) in [5, 5.41) is 8.79. The van der Waals surface area contributed by atoms with Gasteiger partial charge in [-0.3, -0.25) is 0 Å². The van der Waals surface area contributed by atoms with Crippen LogP contribution in [0.15, 0.2) is 17.8 Å². The van der Waals surface area contributed by atoms with Crippen LogP contribution >= 0.6 is 11.7 Å². The van der Waals surface area contributed by atoms with Crippen molar-refractivity contribution >= 4 is 28.8 Å². The summed E-state index contributed by atoms with van der Waals surface area (Å²) < 4.78 is 8.56. The van der Waals surface area contributed by atoms with Crippen LogP contribution in [-0.2, 0) is 0 Å². The lowest BCUT2D eigenvalue weighted by Gasteiger charge is -2.06. The average molecular weight is 254 g/mol. The predicted molar refractivity (Wildman–Crippen MR) is 71.7 cm³/mol. The molecule has 0 bridgehead atoms. The van der Waals surface area contributed by atoms with Crippen molar-refractivity contribution in [2.75, 3.05) is 0 Å². The highest BCUT2D eigenvalue weighted by atomic mass is 32.1. The molecule has 18 heavy (non-hydrogen) atoms. The molecule has 0 aliphatic carbocycles. The minimum absolute atomic E-state index is 0.0570. The molecule has 1 heterocycles. The Bertz CT molecular complexity index is 682. The Morgan fingerprint density at radius 2 is 2.17 bits per heavy atom. The lowest BCUT2D eigenvalue weighted by molar-refractivity contribution is 0.874. The van der Waals surface area contributed by atoms with E-state index in [1.54, 1.807) is 6.08 Å². The molecule has 0 radical (unpaired) electrons. The van der Waals surface area contributed by atoms with Crippen molar-refractivity contribution in [1.82, 2.24) is 8.75 Å². The molecule has 0 amide bonds. The van der Waals surface area contributed by atoms with Gasteiger partial charge in [0.25, 0.3) is 5.70 Å².